The van der Waals surface area contributed by atoms with Crippen LogP contribution in [0.25, 0.3) is 0 Å². The molecule has 0 radical (unpaired) electrons. The normalized spacial score (nSPS) is 15.4. The highest BCUT2D eigenvalue weighted by atomic mass is 32.2. The van der Waals surface area contributed by atoms with E-state index in [1.54, 1.807) is 18.5 Å². The second kappa shape index (κ2) is 9.07. The van der Waals surface area contributed by atoms with Gasteiger partial charge in [-0.1, -0.05) is 24.1 Å². The second-order valence-electron chi connectivity index (χ2n) is 6.97. The number of hydrogen-bond acceptors (Lipinski definition) is 5. The number of nitrogens with zero attached hydrogens (tertiary/aromatic N) is 2. The van der Waals surface area contributed by atoms with Crippen LogP contribution in [-0.4, -0.2) is 56.8 Å². The molecule has 1 aromatic heterocycles. The molecule has 1 aliphatic heterocycles. The molecule has 6 nitrogen and oxygen atoms in total. The quantitative estimate of drug-likeness (QED) is 0.686. The lowest BCUT2D eigenvalue weighted by molar-refractivity contribution is 0.0775. The van der Waals surface area contributed by atoms with Crippen LogP contribution < -0.4 is 4.74 Å². The number of amides is 1. The van der Waals surface area contributed by atoms with Gasteiger partial charge in [-0.2, -0.15) is 4.31 Å². The predicted molar refractivity (Wildman–Crippen MR) is 111 cm³/mol. The standard InChI is InChI=1S/C20H26N2O4S2/c1-16-6-8-17(9-7-16)26-14-13-21(2)20(23)19-18(10-15-27-19)28(24,25)22-11-4-3-5-12-22/h6-10,15H,3-5,11-14H2,1-2H3. The summed E-state index contributed by atoms with van der Waals surface area (Å²) >= 11 is 1.17. The van der Waals surface area contributed by atoms with Crippen LogP contribution in [0.3, 0.4) is 0 Å². The first-order valence-corrected chi connectivity index (χ1v) is 11.7. The fraction of sp³-hybridized carbons (Fsp3) is 0.450. The molecule has 1 amide bonds. The van der Waals surface area contributed by atoms with Gasteiger partial charge in [0.1, 0.15) is 22.1 Å². The molecule has 0 saturated carbocycles. The molecule has 1 saturated heterocycles. The highest BCUT2D eigenvalue weighted by molar-refractivity contribution is 7.89. The molecule has 3 rings (SSSR count). The number of sulfonamides is 1. The molecule has 0 aliphatic carbocycles. The Bertz CT molecular complexity index is 901. The molecule has 2 heterocycles. The van der Waals surface area contributed by atoms with Gasteiger partial charge in [0, 0.05) is 20.1 Å². The van der Waals surface area contributed by atoms with Gasteiger partial charge in [-0.15, -0.1) is 11.3 Å². The SMILES string of the molecule is Cc1ccc(OCCN(C)C(=O)c2sccc2S(=O)(=O)N2CCCCC2)cc1. The Balaban J connectivity index is 1.64. The summed E-state index contributed by atoms with van der Waals surface area (Å²) in [5.41, 5.74) is 1.15. The van der Waals surface area contributed by atoms with E-state index in [1.807, 2.05) is 31.2 Å². The van der Waals surface area contributed by atoms with E-state index in [1.165, 1.54) is 20.5 Å². The molecule has 152 valence electrons. The first kappa shape index (κ1) is 20.8. The van der Waals surface area contributed by atoms with Crippen LogP contribution in [0.2, 0.25) is 0 Å². The zero-order valence-electron chi connectivity index (χ0n) is 16.3. The maximum Gasteiger partial charge on any atom is 0.265 e. The lowest BCUT2D eigenvalue weighted by atomic mass is 10.2. The molecular formula is C20H26N2O4S2. The van der Waals surface area contributed by atoms with E-state index in [4.69, 9.17) is 4.74 Å². The van der Waals surface area contributed by atoms with Crippen LogP contribution in [0, 0.1) is 6.92 Å². The number of likely N-dealkylation sites (N-methyl/N-ethyl adjacent to an activating group) is 1. The Morgan fingerprint density at radius 3 is 2.50 bits per heavy atom. The molecule has 0 unspecified atom stereocenters. The number of benzene rings is 1. The third-order valence-corrected chi connectivity index (χ3v) is 7.79. The van der Waals surface area contributed by atoms with Crippen molar-refractivity contribution in [1.29, 1.82) is 0 Å². The third kappa shape index (κ3) is 4.74. The molecule has 2 aromatic rings. The van der Waals surface area contributed by atoms with Gasteiger partial charge in [0.05, 0.1) is 6.54 Å². The number of rotatable bonds is 7. The van der Waals surface area contributed by atoms with Gasteiger partial charge in [0.2, 0.25) is 10.0 Å². The molecule has 1 aromatic carbocycles. The van der Waals surface area contributed by atoms with Crippen molar-refractivity contribution in [2.24, 2.45) is 0 Å². The first-order valence-electron chi connectivity index (χ1n) is 9.42. The summed E-state index contributed by atoms with van der Waals surface area (Å²) in [5, 5.41) is 1.67. The molecule has 0 atom stereocenters. The zero-order chi connectivity index (χ0) is 20.1. The van der Waals surface area contributed by atoms with E-state index in [2.05, 4.69) is 0 Å². The molecule has 8 heteroatoms. The van der Waals surface area contributed by atoms with E-state index < -0.39 is 10.0 Å². The Morgan fingerprint density at radius 1 is 1.14 bits per heavy atom. The maximum absolute atomic E-state index is 13.0. The summed E-state index contributed by atoms with van der Waals surface area (Å²) in [4.78, 5) is 14.7. The Labute approximate surface area is 170 Å². The van der Waals surface area contributed by atoms with Crippen LogP contribution in [0.5, 0.6) is 5.75 Å². The lowest BCUT2D eigenvalue weighted by Gasteiger charge is -2.26. The molecule has 0 spiro atoms. The lowest BCUT2D eigenvalue weighted by Crippen LogP contribution is -2.37. The predicted octanol–water partition coefficient (Wildman–Crippen LogP) is 3.38. The van der Waals surface area contributed by atoms with E-state index in [0.717, 1.165) is 30.6 Å². The molecule has 28 heavy (non-hydrogen) atoms. The van der Waals surface area contributed by atoms with Gasteiger partial charge in [-0.25, -0.2) is 8.42 Å². The maximum atomic E-state index is 13.0. The van der Waals surface area contributed by atoms with Crippen molar-refractivity contribution in [3.63, 3.8) is 0 Å². The van der Waals surface area contributed by atoms with Gasteiger partial charge in [-0.3, -0.25) is 4.79 Å². The van der Waals surface area contributed by atoms with Crippen LogP contribution in [-0.2, 0) is 10.0 Å². The minimum atomic E-state index is -3.63. The monoisotopic (exact) mass is 422 g/mol. The number of aryl methyl sites for hydroxylation is 1. The van der Waals surface area contributed by atoms with Crippen molar-refractivity contribution in [3.05, 3.63) is 46.2 Å². The fourth-order valence-corrected chi connectivity index (χ4v) is 6.02. The molecular weight excluding hydrogens is 396 g/mol. The van der Waals surface area contributed by atoms with Crippen LogP contribution >= 0.6 is 11.3 Å². The Morgan fingerprint density at radius 2 is 1.82 bits per heavy atom. The summed E-state index contributed by atoms with van der Waals surface area (Å²) < 4.78 is 33.1. The first-order chi connectivity index (χ1) is 13.4. The zero-order valence-corrected chi connectivity index (χ0v) is 17.9. The van der Waals surface area contributed by atoms with Crippen molar-refractivity contribution in [2.75, 3.05) is 33.3 Å². The molecule has 0 bridgehead atoms. The van der Waals surface area contributed by atoms with Crippen molar-refractivity contribution in [1.82, 2.24) is 9.21 Å². The number of thiophene rings is 1. The van der Waals surface area contributed by atoms with Crippen LogP contribution in [0.15, 0.2) is 40.6 Å². The Kier molecular flexibility index (Phi) is 6.74. The number of hydrogen-bond donors (Lipinski definition) is 0. The summed E-state index contributed by atoms with van der Waals surface area (Å²) in [6.45, 7) is 3.75. The van der Waals surface area contributed by atoms with Gasteiger partial charge >= 0.3 is 0 Å². The molecule has 1 aliphatic rings. The van der Waals surface area contributed by atoms with Crippen molar-refractivity contribution < 1.29 is 17.9 Å². The third-order valence-electron chi connectivity index (χ3n) is 4.82. The molecule has 1 fully saturated rings. The van der Waals surface area contributed by atoms with E-state index in [9.17, 15) is 13.2 Å². The fourth-order valence-electron chi connectivity index (χ4n) is 3.11. The number of piperidine rings is 1. The van der Waals surface area contributed by atoms with Crippen molar-refractivity contribution >= 4 is 27.3 Å². The van der Waals surface area contributed by atoms with Crippen molar-refractivity contribution in [3.8, 4) is 5.75 Å². The minimum absolute atomic E-state index is 0.121. The average Bonchev–Trinajstić information content (AvgIpc) is 3.20. The number of carbonyl (C=O) groups is 1. The van der Waals surface area contributed by atoms with Crippen molar-refractivity contribution in [2.45, 2.75) is 31.1 Å². The van der Waals surface area contributed by atoms with Gasteiger partial charge in [0.25, 0.3) is 5.91 Å². The van der Waals surface area contributed by atoms with Gasteiger partial charge in [0.15, 0.2) is 0 Å². The highest BCUT2D eigenvalue weighted by Crippen LogP contribution is 2.28. The van der Waals surface area contributed by atoms with E-state index in [0.29, 0.717) is 26.2 Å². The summed E-state index contributed by atoms with van der Waals surface area (Å²) in [6, 6.07) is 9.25. The Hall–Kier alpha value is -1.90. The second-order valence-corrected chi connectivity index (χ2v) is 9.79. The van der Waals surface area contributed by atoms with Crippen LogP contribution in [0.1, 0.15) is 34.5 Å². The summed E-state index contributed by atoms with van der Waals surface area (Å²) in [6.07, 6.45) is 2.77. The smallest absolute Gasteiger partial charge is 0.265 e. The van der Waals surface area contributed by atoms with Crippen LogP contribution in [0.4, 0.5) is 0 Å². The van der Waals surface area contributed by atoms with E-state index >= 15 is 0 Å². The summed E-state index contributed by atoms with van der Waals surface area (Å²) in [7, 11) is -1.97. The number of carbonyl (C=O) groups excluding carboxylic acids is 1. The van der Waals surface area contributed by atoms with E-state index in [-0.39, 0.29) is 15.7 Å². The minimum Gasteiger partial charge on any atom is -0.492 e. The number of ether oxygens (including phenoxy) is 1. The largest absolute Gasteiger partial charge is 0.492 e. The highest BCUT2D eigenvalue weighted by Gasteiger charge is 2.31. The molecule has 0 N–H and O–H groups in total. The van der Waals surface area contributed by atoms with Gasteiger partial charge < -0.3 is 9.64 Å². The average molecular weight is 423 g/mol. The van der Waals surface area contributed by atoms with Gasteiger partial charge in [-0.05, 0) is 43.3 Å². The topological polar surface area (TPSA) is 66.9 Å². The summed E-state index contributed by atoms with van der Waals surface area (Å²) in [5.74, 6) is 0.453.